The van der Waals surface area contributed by atoms with E-state index < -0.39 is 245 Å². The minimum absolute atomic E-state index is 0.000673. The van der Waals surface area contributed by atoms with Crippen molar-refractivity contribution in [1.82, 2.24) is 21.3 Å². The number of hydrogen-bond donors (Lipinski definition) is 22. The Labute approximate surface area is 846 Å². The second kappa shape index (κ2) is 65.6. The van der Waals surface area contributed by atoms with Gasteiger partial charge in [0.2, 0.25) is 23.6 Å². The zero-order chi connectivity index (χ0) is 109. The molecular formula is C86H144N4O46S6. The van der Waals surface area contributed by atoms with E-state index in [1.165, 1.54) is 98.3 Å². The molecule has 6 heterocycles. The third kappa shape index (κ3) is 45.5. The summed E-state index contributed by atoms with van der Waals surface area (Å²) >= 11 is 9.05. The third-order valence-corrected chi connectivity index (χ3v) is 27.9. The number of carbonyl (C=O) groups is 16. The van der Waals surface area contributed by atoms with Crippen LogP contribution in [0.1, 0.15) is 146 Å². The van der Waals surface area contributed by atoms with Crippen LogP contribution < -0.4 is 21.3 Å². The molecule has 0 spiro atoms. The van der Waals surface area contributed by atoms with Gasteiger partial charge in [-0.15, -0.1) is 0 Å². The van der Waals surface area contributed by atoms with Crippen molar-refractivity contribution in [1.29, 1.82) is 0 Å². The Morgan fingerprint density at radius 1 is 0.303 bits per heavy atom. The normalized spacial score (nSPS) is 32.4. The number of aliphatic hydroxyl groups is 18. The Kier molecular flexibility index (Phi) is 61.9. The molecular weight excluding hydrogens is 2020 g/mol. The fraction of sp³-hybridized carbons (Fsp3) is 0.814. The predicted molar refractivity (Wildman–Crippen MR) is 504 cm³/mol. The lowest BCUT2D eigenvalue weighted by atomic mass is 9.80. The number of nitrogens with one attached hydrogen (secondary N) is 4. The molecule has 6 aliphatic rings. The number of Topliss-reactive ketones (excluding diaryl/α,β-unsaturated/α-hetero) is 6. The average Bonchev–Trinajstić information content (AvgIpc) is 0.750. The largest absolute Gasteiger partial charge is 0.410 e. The summed E-state index contributed by atoms with van der Waals surface area (Å²) in [6, 6.07) is -3.52. The van der Waals surface area contributed by atoms with E-state index in [0.29, 0.717) is 34.5 Å². The molecule has 50 nitrogen and oxygen atoms in total. The quantitative estimate of drug-likeness (QED) is 0.0153. The van der Waals surface area contributed by atoms with Gasteiger partial charge in [-0.3, -0.25) is 76.7 Å². The number of rotatable bonds is 52. The highest BCUT2D eigenvalue weighted by atomic mass is 32.2. The van der Waals surface area contributed by atoms with Gasteiger partial charge in [0.25, 0.3) is 38.8 Å². The number of ether oxygens (including phenoxy) is 12. The van der Waals surface area contributed by atoms with Crippen LogP contribution in [0.3, 0.4) is 0 Å². The van der Waals surface area contributed by atoms with Crippen molar-refractivity contribution >= 4 is 168 Å². The maximum Gasteiger partial charge on any atom is 0.329 e. The molecule has 6 rings (SSSR count). The average molecular weight is 2160 g/mol. The van der Waals surface area contributed by atoms with Crippen LogP contribution in [0.4, 0.5) is 0 Å². The topological polar surface area (TPSA) is 796 Å². The lowest BCUT2D eigenvalue weighted by molar-refractivity contribution is -0.400. The summed E-state index contributed by atoms with van der Waals surface area (Å²) in [5, 5.41) is 189. The first kappa shape index (κ1) is 134. The van der Waals surface area contributed by atoms with Crippen molar-refractivity contribution in [2.24, 2.45) is 47.3 Å². The van der Waals surface area contributed by atoms with E-state index in [2.05, 4.69) is 49.7 Å². The molecule has 142 heavy (non-hydrogen) atoms. The molecule has 34 unspecified atom stereocenters. The maximum absolute atomic E-state index is 12.3. The lowest BCUT2D eigenvalue weighted by Gasteiger charge is -2.45. The molecule has 0 saturated carbocycles. The van der Waals surface area contributed by atoms with Crippen molar-refractivity contribution in [3.63, 3.8) is 0 Å². The van der Waals surface area contributed by atoms with Gasteiger partial charge in [-0.25, -0.2) is 0 Å². The summed E-state index contributed by atoms with van der Waals surface area (Å²) in [7, 11) is 0. The van der Waals surface area contributed by atoms with Gasteiger partial charge in [-0.05, 0) is 37.5 Å². The van der Waals surface area contributed by atoms with Crippen LogP contribution >= 0.6 is 70.6 Å². The fourth-order valence-corrected chi connectivity index (χ4v) is 19.7. The maximum atomic E-state index is 12.3. The van der Waals surface area contributed by atoms with Crippen molar-refractivity contribution in [2.45, 2.75) is 304 Å². The van der Waals surface area contributed by atoms with Crippen molar-refractivity contribution in [3.05, 3.63) is 0 Å². The molecule has 4 amide bonds. The summed E-state index contributed by atoms with van der Waals surface area (Å²) in [5.41, 5.74) is 0. The molecule has 34 atom stereocenters. The van der Waals surface area contributed by atoms with Gasteiger partial charge in [0, 0.05) is 148 Å². The Hall–Kier alpha value is -6.14. The molecule has 56 heteroatoms. The van der Waals surface area contributed by atoms with Crippen LogP contribution in [-0.4, -0.2) is 432 Å². The van der Waals surface area contributed by atoms with Gasteiger partial charge in [0.1, 0.15) is 59.1 Å². The van der Waals surface area contributed by atoms with E-state index in [1.54, 1.807) is 41.5 Å². The van der Waals surface area contributed by atoms with Crippen LogP contribution in [0, 0.1) is 47.3 Å². The fourth-order valence-electron chi connectivity index (χ4n) is 15.6. The minimum Gasteiger partial charge on any atom is -0.410 e. The summed E-state index contributed by atoms with van der Waals surface area (Å²) in [6.07, 6.45) is -13.6. The smallest absolute Gasteiger partial charge is 0.329 e. The molecule has 0 aromatic carbocycles. The van der Waals surface area contributed by atoms with E-state index in [1.807, 2.05) is 37.5 Å². The van der Waals surface area contributed by atoms with Gasteiger partial charge in [-0.2, -0.15) is 70.6 Å². The second-order valence-corrected chi connectivity index (χ2v) is 40.3. The zero-order valence-corrected chi connectivity index (χ0v) is 86.6. The van der Waals surface area contributed by atoms with E-state index in [-0.39, 0.29) is 148 Å². The molecule has 6 fully saturated rings. The highest BCUT2D eigenvalue weighted by Gasteiger charge is 2.57. The summed E-state index contributed by atoms with van der Waals surface area (Å²) in [6.45, 7) is 13.8. The molecule has 820 valence electrons. The van der Waals surface area contributed by atoms with Gasteiger partial charge >= 0.3 is 35.8 Å². The summed E-state index contributed by atoms with van der Waals surface area (Å²) < 4.78 is 58.3. The summed E-state index contributed by atoms with van der Waals surface area (Å²) in [4.78, 5) is 182. The number of hydrogen-bond acceptors (Lipinski definition) is 52. The highest BCUT2D eigenvalue weighted by molar-refractivity contribution is 7.99. The predicted octanol–water partition coefficient (Wildman–Crippen LogP) is -5.84. The first-order valence-corrected chi connectivity index (χ1v) is 52.9. The molecule has 0 bridgehead atoms. The van der Waals surface area contributed by atoms with Crippen LogP contribution in [0.15, 0.2) is 0 Å². The Morgan fingerprint density at radius 3 is 0.620 bits per heavy atom. The first-order chi connectivity index (χ1) is 66.2. The Morgan fingerprint density at radius 2 is 0.465 bits per heavy atom. The van der Waals surface area contributed by atoms with Gasteiger partial charge in [0.05, 0.1) is 149 Å². The van der Waals surface area contributed by atoms with Crippen molar-refractivity contribution in [3.8, 4) is 0 Å². The molecule has 0 radical (unpaired) electrons. The molecule has 6 aliphatic heterocycles. The standard InChI is InChI=1S/2C15H26O9S.4C14H23NO7S/c2*1-8(6-25-2)10(18)3-9-11(19)4-15(22,23-7-17)24-14(9)13(21)12(20)5-16;4*1-8(6-23-3)10(18)4-12-13(15-9(2)17)11(19)5-14(20,22-12)21-7-16/h2*7-9,11-14,16,19-22H,3-6H2,1-2H3;4*7-8,11-13,19-20H,4-6H2,1-3H3,(H,15,17). The Bertz CT molecular complexity index is 3530. The van der Waals surface area contributed by atoms with E-state index in [4.69, 9.17) is 38.6 Å². The van der Waals surface area contributed by atoms with Gasteiger partial charge in [0.15, 0.2) is 0 Å². The van der Waals surface area contributed by atoms with Crippen LogP contribution in [0.2, 0.25) is 0 Å². The number of ketones is 6. The minimum atomic E-state index is -2.49. The van der Waals surface area contributed by atoms with Crippen LogP contribution in [-0.2, 0) is 134 Å². The number of aliphatic hydroxyl groups excluding tert-OH is 12. The van der Waals surface area contributed by atoms with E-state index in [0.717, 1.165) is 0 Å². The Balaban J connectivity index is 0.000000852. The highest BCUT2D eigenvalue weighted by Crippen LogP contribution is 2.41. The monoisotopic (exact) mass is 2160 g/mol. The van der Waals surface area contributed by atoms with Gasteiger partial charge in [-0.1, -0.05) is 41.5 Å². The third-order valence-electron chi connectivity index (χ3n) is 22.9. The number of amides is 4. The summed E-state index contributed by atoms with van der Waals surface area (Å²) in [5.74, 6) is -16.6. The van der Waals surface area contributed by atoms with Crippen molar-refractivity contribution < 1.29 is 225 Å². The molecule has 0 aromatic rings. The van der Waals surface area contributed by atoms with E-state index in [9.17, 15) is 158 Å². The SMILES string of the molecule is CSCC(C)C(=O)CC1C(O)CC(O)(OC=O)OC1C(O)C(O)CO.CSCC(C)C(=O)CC1C(O)CC(O)(OC=O)OC1C(O)C(O)CO.CSCC(C)C(=O)CC1OC(O)(OC=O)CC(O)C1NC(C)=O.CSCC(C)C(=O)CC1OC(O)(OC=O)CC(O)C1NC(C)=O.CSCC(C)C(=O)CC1OC(O)(OC=O)CC(O)C1NC(C)=O.CSCC(C)C(=O)CC1OC(O)(OC=O)CC(O)C1NC(C)=O. The lowest BCUT2D eigenvalue weighted by Crippen LogP contribution is -2.61. The molecule has 22 N–H and O–H groups in total. The molecule has 0 aromatic heterocycles. The molecule has 6 saturated heterocycles. The number of carbonyl (C=O) groups excluding carboxylic acids is 16. The number of thioether (sulfide) groups is 6. The van der Waals surface area contributed by atoms with Crippen LogP contribution in [0.25, 0.3) is 0 Å². The van der Waals surface area contributed by atoms with E-state index >= 15 is 0 Å². The van der Waals surface area contributed by atoms with Crippen molar-refractivity contribution in [2.75, 3.05) is 85.3 Å². The second-order valence-electron chi connectivity index (χ2n) is 34.9. The first-order valence-electron chi connectivity index (χ1n) is 44.6. The zero-order valence-electron chi connectivity index (χ0n) is 81.7. The van der Waals surface area contributed by atoms with Gasteiger partial charge < -0.3 is 170 Å². The molecule has 0 aliphatic carbocycles. The van der Waals surface area contributed by atoms with Crippen LogP contribution in [0.5, 0.6) is 0 Å².